The number of hydrogen-bond acceptors (Lipinski definition) is 3. The van der Waals surface area contributed by atoms with E-state index in [2.05, 4.69) is 17.0 Å². The van der Waals surface area contributed by atoms with Gasteiger partial charge in [0.25, 0.3) is 0 Å². The van der Waals surface area contributed by atoms with Crippen molar-refractivity contribution < 1.29 is 9.84 Å². The van der Waals surface area contributed by atoms with Crippen molar-refractivity contribution in [2.24, 2.45) is 0 Å². The zero-order valence-corrected chi connectivity index (χ0v) is 13.5. The summed E-state index contributed by atoms with van der Waals surface area (Å²) in [6, 6.07) is 17.5. The first-order chi connectivity index (χ1) is 10.6. The van der Waals surface area contributed by atoms with Gasteiger partial charge in [-0.05, 0) is 43.3 Å². The third kappa shape index (κ3) is 6.06. The highest BCUT2D eigenvalue weighted by molar-refractivity contribution is 6.30. The Morgan fingerprint density at radius 3 is 2.45 bits per heavy atom. The van der Waals surface area contributed by atoms with Crippen LogP contribution in [0.4, 0.5) is 0 Å². The Balaban J connectivity index is 1.67. The van der Waals surface area contributed by atoms with Gasteiger partial charge in [-0.25, -0.2) is 0 Å². The first-order valence-corrected chi connectivity index (χ1v) is 7.80. The number of aliphatic hydroxyl groups excluding tert-OH is 1. The molecule has 2 rings (SSSR count). The molecule has 22 heavy (non-hydrogen) atoms. The quantitative estimate of drug-likeness (QED) is 0.810. The summed E-state index contributed by atoms with van der Waals surface area (Å²) in [6.07, 6.45) is 0.457. The van der Waals surface area contributed by atoms with Crippen LogP contribution in [0.25, 0.3) is 0 Å². The van der Waals surface area contributed by atoms with Crippen LogP contribution < -0.4 is 4.74 Å². The molecular weight excluding hydrogens is 298 g/mol. The smallest absolute Gasteiger partial charge is 0.119 e. The minimum Gasteiger partial charge on any atom is -0.491 e. The summed E-state index contributed by atoms with van der Waals surface area (Å²) in [6.45, 7) is 1.76. The Kier molecular flexibility index (Phi) is 6.72. The molecule has 4 heteroatoms. The molecule has 2 aromatic rings. The van der Waals surface area contributed by atoms with E-state index in [-0.39, 0.29) is 6.61 Å². The molecule has 0 aliphatic carbocycles. The van der Waals surface area contributed by atoms with Gasteiger partial charge in [-0.1, -0.05) is 41.9 Å². The predicted molar refractivity (Wildman–Crippen MR) is 90.6 cm³/mol. The van der Waals surface area contributed by atoms with Gasteiger partial charge in [0.15, 0.2) is 0 Å². The highest BCUT2D eigenvalue weighted by atomic mass is 35.5. The number of likely N-dealkylation sites (N-methyl/N-ethyl adjacent to an activating group) is 1. The molecule has 0 saturated heterocycles. The van der Waals surface area contributed by atoms with E-state index in [1.165, 1.54) is 5.56 Å². The lowest BCUT2D eigenvalue weighted by Gasteiger charge is -2.20. The van der Waals surface area contributed by atoms with Gasteiger partial charge in [0.2, 0.25) is 0 Å². The Bertz CT molecular complexity index is 545. The second kappa shape index (κ2) is 8.79. The summed E-state index contributed by atoms with van der Waals surface area (Å²) in [4.78, 5) is 2.11. The summed E-state index contributed by atoms with van der Waals surface area (Å²) in [5, 5.41) is 10.7. The van der Waals surface area contributed by atoms with Crippen molar-refractivity contribution in [2.45, 2.75) is 12.5 Å². The van der Waals surface area contributed by atoms with Crippen LogP contribution in [-0.4, -0.2) is 42.9 Å². The lowest BCUT2D eigenvalue weighted by molar-refractivity contribution is 0.0767. The molecule has 2 aromatic carbocycles. The molecular formula is C18H22ClNO2. The Morgan fingerprint density at radius 2 is 1.77 bits per heavy atom. The van der Waals surface area contributed by atoms with Crippen molar-refractivity contribution in [1.29, 1.82) is 0 Å². The van der Waals surface area contributed by atoms with Gasteiger partial charge in [0.1, 0.15) is 18.5 Å². The zero-order valence-electron chi connectivity index (χ0n) is 12.8. The molecule has 0 bridgehead atoms. The number of rotatable bonds is 8. The highest BCUT2D eigenvalue weighted by Gasteiger charge is 2.09. The van der Waals surface area contributed by atoms with E-state index < -0.39 is 6.10 Å². The molecule has 118 valence electrons. The first-order valence-electron chi connectivity index (χ1n) is 7.42. The van der Waals surface area contributed by atoms with Crippen molar-refractivity contribution in [3.05, 3.63) is 65.2 Å². The molecule has 0 radical (unpaired) electrons. The number of aliphatic hydroxyl groups is 1. The van der Waals surface area contributed by atoms with Gasteiger partial charge in [-0.15, -0.1) is 0 Å². The molecule has 1 unspecified atom stereocenters. The summed E-state index contributed by atoms with van der Waals surface area (Å²) in [7, 11) is 2.01. The topological polar surface area (TPSA) is 32.7 Å². The van der Waals surface area contributed by atoms with Crippen LogP contribution in [0.1, 0.15) is 5.56 Å². The lowest BCUT2D eigenvalue weighted by Crippen LogP contribution is -2.34. The van der Waals surface area contributed by atoms with Crippen LogP contribution in [0.5, 0.6) is 5.75 Å². The second-order valence-electron chi connectivity index (χ2n) is 5.42. The van der Waals surface area contributed by atoms with E-state index in [4.69, 9.17) is 16.3 Å². The molecule has 0 aromatic heterocycles. The molecule has 0 amide bonds. The van der Waals surface area contributed by atoms with Crippen molar-refractivity contribution in [1.82, 2.24) is 4.90 Å². The summed E-state index contributed by atoms with van der Waals surface area (Å²) in [5.41, 5.74) is 1.31. The van der Waals surface area contributed by atoms with E-state index >= 15 is 0 Å². The maximum atomic E-state index is 10.0. The maximum Gasteiger partial charge on any atom is 0.119 e. The fraction of sp³-hybridized carbons (Fsp3) is 0.333. The predicted octanol–water partition coefficient (Wildman–Crippen LogP) is 3.25. The molecule has 0 heterocycles. The third-order valence-corrected chi connectivity index (χ3v) is 3.66. The van der Waals surface area contributed by atoms with Crippen molar-refractivity contribution >= 4 is 11.6 Å². The SMILES string of the molecule is CN(CCc1ccccc1)CC(O)COc1ccc(Cl)cc1. The molecule has 0 saturated carbocycles. The Labute approximate surface area is 137 Å². The van der Waals surface area contributed by atoms with Crippen molar-refractivity contribution in [3.63, 3.8) is 0 Å². The van der Waals surface area contributed by atoms with E-state index in [0.29, 0.717) is 11.6 Å². The van der Waals surface area contributed by atoms with Gasteiger partial charge in [-0.3, -0.25) is 0 Å². The van der Waals surface area contributed by atoms with E-state index in [0.717, 1.165) is 18.7 Å². The third-order valence-electron chi connectivity index (χ3n) is 3.40. The summed E-state index contributed by atoms with van der Waals surface area (Å²) < 4.78 is 5.55. The Hall–Kier alpha value is -1.55. The lowest BCUT2D eigenvalue weighted by atomic mass is 10.1. The summed E-state index contributed by atoms with van der Waals surface area (Å²) in [5.74, 6) is 0.718. The van der Waals surface area contributed by atoms with Gasteiger partial charge in [0.05, 0.1) is 0 Å². The molecule has 3 nitrogen and oxygen atoms in total. The minimum atomic E-state index is -0.517. The van der Waals surface area contributed by atoms with Gasteiger partial charge < -0.3 is 14.7 Å². The van der Waals surface area contributed by atoms with Crippen LogP contribution in [-0.2, 0) is 6.42 Å². The maximum absolute atomic E-state index is 10.0. The molecule has 0 fully saturated rings. The average Bonchev–Trinajstić information content (AvgIpc) is 2.53. The minimum absolute atomic E-state index is 0.275. The van der Waals surface area contributed by atoms with Gasteiger partial charge in [-0.2, -0.15) is 0 Å². The molecule has 0 aliphatic heterocycles. The van der Waals surface area contributed by atoms with Gasteiger partial charge in [0, 0.05) is 18.1 Å². The Morgan fingerprint density at radius 1 is 1.09 bits per heavy atom. The fourth-order valence-corrected chi connectivity index (χ4v) is 2.32. The van der Waals surface area contributed by atoms with E-state index in [1.54, 1.807) is 24.3 Å². The summed E-state index contributed by atoms with van der Waals surface area (Å²) >= 11 is 5.82. The van der Waals surface area contributed by atoms with Crippen LogP contribution in [0, 0.1) is 0 Å². The first kappa shape index (κ1) is 16.8. The van der Waals surface area contributed by atoms with Crippen molar-refractivity contribution in [3.8, 4) is 5.75 Å². The van der Waals surface area contributed by atoms with Crippen LogP contribution in [0.15, 0.2) is 54.6 Å². The van der Waals surface area contributed by atoms with Crippen LogP contribution in [0.3, 0.4) is 0 Å². The molecule has 1 N–H and O–H groups in total. The average molecular weight is 320 g/mol. The zero-order chi connectivity index (χ0) is 15.8. The van der Waals surface area contributed by atoms with E-state index in [1.807, 2.05) is 25.2 Å². The second-order valence-corrected chi connectivity index (χ2v) is 5.85. The highest BCUT2D eigenvalue weighted by Crippen LogP contribution is 2.15. The van der Waals surface area contributed by atoms with E-state index in [9.17, 15) is 5.11 Å². The largest absolute Gasteiger partial charge is 0.491 e. The number of ether oxygens (including phenoxy) is 1. The fourth-order valence-electron chi connectivity index (χ4n) is 2.19. The van der Waals surface area contributed by atoms with Crippen LogP contribution >= 0.6 is 11.6 Å². The number of halogens is 1. The normalized spacial score (nSPS) is 12.4. The monoisotopic (exact) mass is 319 g/mol. The number of benzene rings is 2. The van der Waals surface area contributed by atoms with Gasteiger partial charge >= 0.3 is 0 Å². The molecule has 0 spiro atoms. The molecule has 1 atom stereocenters. The molecule has 0 aliphatic rings. The number of nitrogens with zero attached hydrogens (tertiary/aromatic N) is 1. The standard InChI is InChI=1S/C18H22ClNO2/c1-20(12-11-15-5-3-2-4-6-15)13-17(21)14-22-18-9-7-16(19)8-10-18/h2-10,17,21H,11-14H2,1H3. The van der Waals surface area contributed by atoms with Crippen molar-refractivity contribution in [2.75, 3.05) is 26.7 Å². The number of hydrogen-bond donors (Lipinski definition) is 1. The van der Waals surface area contributed by atoms with Crippen LogP contribution in [0.2, 0.25) is 5.02 Å².